The number of amides is 1. The highest BCUT2D eigenvalue weighted by atomic mass is 35.5. The van der Waals surface area contributed by atoms with Crippen molar-refractivity contribution in [1.82, 2.24) is 5.32 Å². The number of ether oxygens (including phenoxy) is 3. The van der Waals surface area contributed by atoms with Crippen molar-refractivity contribution in [2.45, 2.75) is 13.0 Å². The van der Waals surface area contributed by atoms with Gasteiger partial charge in [-0.1, -0.05) is 17.7 Å². The number of nitrogens with one attached hydrogen (secondary N) is 1. The fourth-order valence-electron chi connectivity index (χ4n) is 2.45. The Morgan fingerprint density at radius 1 is 1.31 bits per heavy atom. The van der Waals surface area contributed by atoms with E-state index in [2.05, 4.69) is 5.32 Å². The van der Waals surface area contributed by atoms with Crippen molar-refractivity contribution in [2.24, 2.45) is 0 Å². The number of nitro benzene ring substituents is 1. The molecule has 0 unspecified atom stereocenters. The van der Waals surface area contributed by atoms with Crippen LogP contribution in [0.2, 0.25) is 5.02 Å². The summed E-state index contributed by atoms with van der Waals surface area (Å²) in [6, 6.07) is 9.06. The summed E-state index contributed by atoms with van der Waals surface area (Å²) in [6.07, 6.45) is 0. The number of benzene rings is 2. The lowest BCUT2D eigenvalue weighted by Crippen LogP contribution is -2.31. The Balaban J connectivity index is 1.60. The molecule has 26 heavy (non-hydrogen) atoms. The van der Waals surface area contributed by atoms with Crippen molar-refractivity contribution in [1.29, 1.82) is 0 Å². The number of carbonyl (C=O) groups excluding carboxylic acids is 1. The van der Waals surface area contributed by atoms with Crippen molar-refractivity contribution in [3.63, 3.8) is 0 Å². The second kappa shape index (κ2) is 7.49. The quantitative estimate of drug-likeness (QED) is 0.611. The van der Waals surface area contributed by atoms with E-state index in [4.69, 9.17) is 25.8 Å². The van der Waals surface area contributed by atoms with Crippen LogP contribution in [0.25, 0.3) is 0 Å². The number of nitrogens with zero attached hydrogens (tertiary/aromatic N) is 1. The van der Waals surface area contributed by atoms with Crippen LogP contribution in [0.15, 0.2) is 36.4 Å². The van der Waals surface area contributed by atoms with Crippen LogP contribution in [0.3, 0.4) is 0 Å². The Labute approximate surface area is 153 Å². The minimum absolute atomic E-state index is 0.0229. The molecule has 0 fully saturated rings. The summed E-state index contributed by atoms with van der Waals surface area (Å²) >= 11 is 5.74. The molecule has 1 aliphatic heterocycles. The Morgan fingerprint density at radius 2 is 2.08 bits per heavy atom. The van der Waals surface area contributed by atoms with Crippen LogP contribution in [0.5, 0.6) is 17.2 Å². The molecule has 136 valence electrons. The van der Waals surface area contributed by atoms with Crippen LogP contribution in [-0.2, 0) is 4.79 Å². The predicted octanol–water partition coefficient (Wildman–Crippen LogP) is 3.23. The van der Waals surface area contributed by atoms with Gasteiger partial charge in [0, 0.05) is 11.1 Å². The molecular formula is C17H15ClN2O6. The summed E-state index contributed by atoms with van der Waals surface area (Å²) < 4.78 is 15.8. The van der Waals surface area contributed by atoms with Gasteiger partial charge in [-0.05, 0) is 36.8 Å². The number of fused-ring (bicyclic) bond motifs is 1. The van der Waals surface area contributed by atoms with E-state index in [1.165, 1.54) is 18.2 Å². The third kappa shape index (κ3) is 3.97. The van der Waals surface area contributed by atoms with E-state index in [1.807, 2.05) is 6.07 Å². The number of halogens is 1. The summed E-state index contributed by atoms with van der Waals surface area (Å²) in [5, 5.41) is 14.0. The highest BCUT2D eigenvalue weighted by molar-refractivity contribution is 6.30. The number of nitro groups is 1. The normalized spacial score (nSPS) is 13.2. The Morgan fingerprint density at radius 3 is 2.85 bits per heavy atom. The molecule has 0 aliphatic carbocycles. The molecule has 1 atom stereocenters. The van der Waals surface area contributed by atoms with E-state index in [0.29, 0.717) is 11.5 Å². The first-order valence-electron chi connectivity index (χ1n) is 7.69. The zero-order chi connectivity index (χ0) is 18.7. The molecule has 0 saturated carbocycles. The van der Waals surface area contributed by atoms with Crippen LogP contribution in [0.4, 0.5) is 5.69 Å². The highest BCUT2D eigenvalue weighted by Crippen LogP contribution is 2.34. The lowest BCUT2D eigenvalue weighted by atomic mass is 10.1. The summed E-state index contributed by atoms with van der Waals surface area (Å²) in [5.74, 6) is 0.840. The van der Waals surface area contributed by atoms with Crippen LogP contribution < -0.4 is 19.5 Å². The lowest BCUT2D eigenvalue weighted by Gasteiger charge is -2.15. The van der Waals surface area contributed by atoms with Crippen LogP contribution in [0, 0.1) is 10.1 Å². The topological polar surface area (TPSA) is 99.9 Å². The molecule has 0 aromatic heterocycles. The van der Waals surface area contributed by atoms with E-state index < -0.39 is 10.8 Å². The van der Waals surface area contributed by atoms with Gasteiger partial charge in [-0.15, -0.1) is 0 Å². The molecule has 0 spiro atoms. The monoisotopic (exact) mass is 378 g/mol. The fourth-order valence-corrected chi connectivity index (χ4v) is 2.61. The zero-order valence-corrected chi connectivity index (χ0v) is 14.5. The molecule has 1 heterocycles. The molecule has 1 amide bonds. The van der Waals surface area contributed by atoms with Gasteiger partial charge in [-0.3, -0.25) is 14.9 Å². The Kier molecular flexibility index (Phi) is 5.13. The number of rotatable bonds is 6. The maximum Gasteiger partial charge on any atom is 0.312 e. The highest BCUT2D eigenvalue weighted by Gasteiger charge is 2.19. The van der Waals surface area contributed by atoms with Gasteiger partial charge in [0.25, 0.3) is 5.91 Å². The van der Waals surface area contributed by atoms with Gasteiger partial charge in [-0.25, -0.2) is 0 Å². The number of carbonyl (C=O) groups is 1. The first-order chi connectivity index (χ1) is 12.4. The molecule has 0 bridgehead atoms. The summed E-state index contributed by atoms with van der Waals surface area (Å²) in [6.45, 7) is 1.62. The van der Waals surface area contributed by atoms with Crippen molar-refractivity contribution in [3.8, 4) is 17.2 Å². The van der Waals surface area contributed by atoms with Gasteiger partial charge >= 0.3 is 5.69 Å². The van der Waals surface area contributed by atoms with Gasteiger partial charge in [0.2, 0.25) is 6.79 Å². The maximum absolute atomic E-state index is 12.1. The standard InChI is InChI=1S/C17H15ClN2O6/c1-10(11-2-4-15-16(6-11)26-9-25-15)19-17(21)8-24-14-5-3-12(18)7-13(14)20(22)23/h2-7,10H,8-9H2,1H3,(H,19,21)/t10-/m0/s1. The molecule has 0 saturated heterocycles. The summed E-state index contributed by atoms with van der Waals surface area (Å²) in [7, 11) is 0. The van der Waals surface area contributed by atoms with Crippen molar-refractivity contribution in [3.05, 3.63) is 57.1 Å². The molecule has 2 aromatic carbocycles. The summed E-state index contributed by atoms with van der Waals surface area (Å²) in [4.78, 5) is 22.5. The molecule has 9 heteroatoms. The Hall–Kier alpha value is -3.00. The second-order valence-corrected chi connectivity index (χ2v) is 6.00. The SMILES string of the molecule is C[C@H](NC(=O)COc1ccc(Cl)cc1[N+](=O)[O-])c1ccc2c(c1)OCO2. The average Bonchev–Trinajstić information content (AvgIpc) is 3.08. The minimum atomic E-state index is -0.617. The van der Waals surface area contributed by atoms with Crippen LogP contribution in [-0.4, -0.2) is 24.2 Å². The van der Waals surface area contributed by atoms with Crippen molar-refractivity contribution < 1.29 is 23.9 Å². The van der Waals surface area contributed by atoms with Gasteiger partial charge in [-0.2, -0.15) is 0 Å². The van der Waals surface area contributed by atoms with E-state index >= 15 is 0 Å². The average molecular weight is 379 g/mol. The molecular weight excluding hydrogens is 364 g/mol. The smallest absolute Gasteiger partial charge is 0.312 e. The van der Waals surface area contributed by atoms with E-state index in [-0.39, 0.29) is 35.9 Å². The van der Waals surface area contributed by atoms with Gasteiger partial charge in [0.15, 0.2) is 23.9 Å². The molecule has 0 radical (unpaired) electrons. The Bertz CT molecular complexity index is 857. The lowest BCUT2D eigenvalue weighted by molar-refractivity contribution is -0.385. The third-order valence-corrected chi connectivity index (χ3v) is 3.99. The van der Waals surface area contributed by atoms with Crippen LogP contribution in [0.1, 0.15) is 18.5 Å². The van der Waals surface area contributed by atoms with Crippen molar-refractivity contribution in [2.75, 3.05) is 13.4 Å². The number of hydrogen-bond acceptors (Lipinski definition) is 6. The van der Waals surface area contributed by atoms with Gasteiger partial charge in [0.1, 0.15) is 0 Å². The first-order valence-corrected chi connectivity index (χ1v) is 8.07. The molecule has 1 N–H and O–H groups in total. The molecule has 8 nitrogen and oxygen atoms in total. The maximum atomic E-state index is 12.1. The van der Waals surface area contributed by atoms with Crippen LogP contribution >= 0.6 is 11.6 Å². The molecule has 2 aromatic rings. The predicted molar refractivity (Wildman–Crippen MR) is 92.7 cm³/mol. The van der Waals surface area contributed by atoms with E-state index in [1.54, 1.807) is 19.1 Å². The zero-order valence-electron chi connectivity index (χ0n) is 13.7. The van der Waals surface area contributed by atoms with Gasteiger partial charge < -0.3 is 19.5 Å². The minimum Gasteiger partial charge on any atom is -0.477 e. The largest absolute Gasteiger partial charge is 0.477 e. The fraction of sp³-hybridized carbons (Fsp3) is 0.235. The van der Waals surface area contributed by atoms with Crippen molar-refractivity contribution >= 4 is 23.2 Å². The second-order valence-electron chi connectivity index (χ2n) is 5.56. The van der Waals surface area contributed by atoms with E-state index in [0.717, 1.165) is 5.56 Å². The first kappa shape index (κ1) is 17.8. The number of hydrogen-bond donors (Lipinski definition) is 1. The van der Waals surface area contributed by atoms with Gasteiger partial charge in [0.05, 0.1) is 11.0 Å². The molecule has 3 rings (SSSR count). The van der Waals surface area contributed by atoms with E-state index in [9.17, 15) is 14.9 Å². The summed E-state index contributed by atoms with van der Waals surface area (Å²) in [5.41, 5.74) is 0.536. The molecule has 1 aliphatic rings. The third-order valence-electron chi connectivity index (χ3n) is 3.75.